The Labute approximate surface area is 122 Å². The molecule has 2 aliphatic rings. The summed E-state index contributed by atoms with van der Waals surface area (Å²) in [5.74, 6) is 8.69. The summed E-state index contributed by atoms with van der Waals surface area (Å²) in [4.78, 5) is 2.15. The molecule has 3 rings (SSSR count). The van der Waals surface area contributed by atoms with Crippen LogP contribution >= 0.6 is 0 Å². The molecule has 0 saturated heterocycles. The van der Waals surface area contributed by atoms with Gasteiger partial charge < -0.3 is 4.90 Å². The van der Waals surface area contributed by atoms with Crippen molar-refractivity contribution in [1.82, 2.24) is 5.43 Å². The molecule has 2 bridgehead atoms. The molecule has 3 N–H and O–H groups in total. The fraction of sp³-hybridized carbons (Fsp3) is 0.647. The molecule has 0 aliphatic heterocycles. The van der Waals surface area contributed by atoms with Gasteiger partial charge in [-0.05, 0) is 61.1 Å². The van der Waals surface area contributed by atoms with Gasteiger partial charge in [-0.25, -0.2) is 0 Å². The smallest absolute Gasteiger partial charge is 0.0463 e. The summed E-state index contributed by atoms with van der Waals surface area (Å²) < 4.78 is 0. The molecule has 2 aliphatic carbocycles. The van der Waals surface area contributed by atoms with Crippen molar-refractivity contribution in [3.8, 4) is 0 Å². The van der Waals surface area contributed by atoms with Crippen molar-refractivity contribution in [1.29, 1.82) is 0 Å². The molecule has 2 fully saturated rings. The fourth-order valence-electron chi connectivity index (χ4n) is 4.29. The van der Waals surface area contributed by atoms with Gasteiger partial charge in [-0.1, -0.05) is 18.6 Å². The largest absolute Gasteiger partial charge is 0.378 e. The predicted octanol–water partition coefficient (Wildman–Crippen LogP) is 3.08. The van der Waals surface area contributed by atoms with Crippen LogP contribution in [0.2, 0.25) is 0 Å². The SMILES string of the molecule is CN(C)c1cccc(C(CC2CC3CCC2C3)NN)c1. The molecule has 0 aromatic heterocycles. The van der Waals surface area contributed by atoms with Crippen LogP contribution < -0.4 is 16.2 Å². The van der Waals surface area contributed by atoms with Gasteiger partial charge in [0, 0.05) is 25.8 Å². The second-order valence-corrected chi connectivity index (χ2v) is 6.88. The van der Waals surface area contributed by atoms with E-state index in [0.29, 0.717) is 6.04 Å². The highest BCUT2D eigenvalue weighted by Crippen LogP contribution is 2.50. The number of nitrogens with one attached hydrogen (secondary N) is 1. The first-order chi connectivity index (χ1) is 9.67. The standard InChI is InChI=1S/C17H27N3/c1-20(2)16-5-3-4-14(10-16)17(19-18)11-15-9-12-6-7-13(15)8-12/h3-5,10,12-13,15,17,19H,6-9,11,18H2,1-2H3. The first-order valence-electron chi connectivity index (χ1n) is 7.90. The van der Waals surface area contributed by atoms with Crippen LogP contribution in [0.3, 0.4) is 0 Å². The van der Waals surface area contributed by atoms with Crippen LogP contribution in [0.4, 0.5) is 5.69 Å². The van der Waals surface area contributed by atoms with Crippen molar-refractivity contribution in [2.75, 3.05) is 19.0 Å². The second kappa shape index (κ2) is 5.74. The monoisotopic (exact) mass is 273 g/mol. The van der Waals surface area contributed by atoms with Gasteiger partial charge in [0.2, 0.25) is 0 Å². The molecule has 4 atom stereocenters. The Morgan fingerprint density at radius 1 is 1.30 bits per heavy atom. The Kier molecular flexibility index (Phi) is 3.99. The molecule has 0 heterocycles. The highest BCUT2D eigenvalue weighted by Gasteiger charge is 2.40. The first kappa shape index (κ1) is 13.9. The molecule has 3 nitrogen and oxygen atoms in total. The van der Waals surface area contributed by atoms with Gasteiger partial charge in [0.15, 0.2) is 0 Å². The number of rotatable bonds is 5. The van der Waals surface area contributed by atoms with E-state index in [1.165, 1.54) is 43.4 Å². The maximum Gasteiger partial charge on any atom is 0.0463 e. The van der Waals surface area contributed by atoms with Gasteiger partial charge in [0.25, 0.3) is 0 Å². The minimum absolute atomic E-state index is 0.291. The summed E-state index contributed by atoms with van der Waals surface area (Å²) in [6.45, 7) is 0. The topological polar surface area (TPSA) is 41.3 Å². The van der Waals surface area contributed by atoms with E-state index < -0.39 is 0 Å². The van der Waals surface area contributed by atoms with Crippen molar-refractivity contribution < 1.29 is 0 Å². The van der Waals surface area contributed by atoms with E-state index in [2.05, 4.69) is 48.7 Å². The summed E-state index contributed by atoms with van der Waals surface area (Å²) >= 11 is 0. The summed E-state index contributed by atoms with van der Waals surface area (Å²) in [7, 11) is 4.17. The number of hydrogen-bond acceptors (Lipinski definition) is 3. The lowest BCUT2D eigenvalue weighted by molar-refractivity contribution is 0.280. The highest BCUT2D eigenvalue weighted by atomic mass is 15.2. The van der Waals surface area contributed by atoms with Crippen LogP contribution in [0.25, 0.3) is 0 Å². The number of benzene rings is 1. The van der Waals surface area contributed by atoms with Gasteiger partial charge in [-0.3, -0.25) is 11.3 Å². The molecule has 110 valence electrons. The predicted molar refractivity (Wildman–Crippen MR) is 84.4 cm³/mol. The molecule has 1 aromatic carbocycles. The Hall–Kier alpha value is -1.06. The molecule has 3 heteroatoms. The maximum absolute atomic E-state index is 5.84. The molecule has 4 unspecified atom stereocenters. The third-order valence-corrected chi connectivity index (χ3v) is 5.41. The molecule has 0 spiro atoms. The Balaban J connectivity index is 1.71. The van der Waals surface area contributed by atoms with E-state index in [1.54, 1.807) is 0 Å². The van der Waals surface area contributed by atoms with Crippen LogP contribution in [0.5, 0.6) is 0 Å². The zero-order chi connectivity index (χ0) is 14.1. The van der Waals surface area contributed by atoms with Crippen molar-refractivity contribution in [3.05, 3.63) is 29.8 Å². The molecule has 2 saturated carbocycles. The average Bonchev–Trinajstić information content (AvgIpc) is 3.07. The van der Waals surface area contributed by atoms with Crippen LogP contribution in [0.15, 0.2) is 24.3 Å². The third kappa shape index (κ3) is 2.70. The van der Waals surface area contributed by atoms with E-state index >= 15 is 0 Å². The number of anilines is 1. The molecule has 0 amide bonds. The fourth-order valence-corrected chi connectivity index (χ4v) is 4.29. The molecule has 1 aromatic rings. The highest BCUT2D eigenvalue weighted by molar-refractivity contribution is 5.47. The molecule has 20 heavy (non-hydrogen) atoms. The van der Waals surface area contributed by atoms with E-state index in [1.807, 2.05) is 0 Å². The lowest BCUT2D eigenvalue weighted by Gasteiger charge is -2.27. The Morgan fingerprint density at radius 3 is 2.75 bits per heavy atom. The van der Waals surface area contributed by atoms with Crippen LogP contribution in [-0.2, 0) is 0 Å². The lowest BCUT2D eigenvalue weighted by Crippen LogP contribution is -2.31. The van der Waals surface area contributed by atoms with E-state index in [0.717, 1.165) is 17.8 Å². The van der Waals surface area contributed by atoms with Crippen LogP contribution in [0.1, 0.15) is 43.7 Å². The van der Waals surface area contributed by atoms with E-state index in [-0.39, 0.29) is 0 Å². The van der Waals surface area contributed by atoms with Gasteiger partial charge in [0.05, 0.1) is 0 Å². The van der Waals surface area contributed by atoms with E-state index in [9.17, 15) is 0 Å². The quantitative estimate of drug-likeness (QED) is 0.640. The normalized spacial score (nSPS) is 29.6. The van der Waals surface area contributed by atoms with Crippen LogP contribution in [0, 0.1) is 17.8 Å². The Bertz CT molecular complexity index is 457. The minimum atomic E-state index is 0.291. The molecule has 0 radical (unpaired) electrons. The third-order valence-electron chi connectivity index (χ3n) is 5.41. The average molecular weight is 273 g/mol. The Morgan fingerprint density at radius 2 is 2.15 bits per heavy atom. The summed E-state index contributed by atoms with van der Waals surface area (Å²) in [5.41, 5.74) is 5.62. The van der Waals surface area contributed by atoms with Gasteiger partial charge in [-0.2, -0.15) is 0 Å². The number of nitrogens with two attached hydrogens (primary N) is 1. The van der Waals surface area contributed by atoms with Crippen molar-refractivity contribution in [3.63, 3.8) is 0 Å². The first-order valence-corrected chi connectivity index (χ1v) is 7.90. The number of nitrogens with zero attached hydrogens (tertiary/aromatic N) is 1. The summed E-state index contributed by atoms with van der Waals surface area (Å²) in [6, 6.07) is 9.03. The maximum atomic E-state index is 5.84. The molecular formula is C17H27N3. The van der Waals surface area contributed by atoms with E-state index in [4.69, 9.17) is 5.84 Å². The lowest BCUT2D eigenvalue weighted by atomic mass is 9.83. The van der Waals surface area contributed by atoms with Gasteiger partial charge in [-0.15, -0.1) is 0 Å². The minimum Gasteiger partial charge on any atom is -0.378 e. The summed E-state index contributed by atoms with van der Waals surface area (Å²) in [5, 5.41) is 0. The zero-order valence-electron chi connectivity index (χ0n) is 12.7. The van der Waals surface area contributed by atoms with Crippen molar-refractivity contribution >= 4 is 5.69 Å². The number of fused-ring (bicyclic) bond motifs is 2. The number of hydrogen-bond donors (Lipinski definition) is 2. The number of hydrazine groups is 1. The summed E-state index contributed by atoms with van der Waals surface area (Å²) in [6.07, 6.45) is 7.01. The van der Waals surface area contributed by atoms with Gasteiger partial charge in [0.1, 0.15) is 0 Å². The van der Waals surface area contributed by atoms with Gasteiger partial charge >= 0.3 is 0 Å². The zero-order valence-corrected chi connectivity index (χ0v) is 12.7. The second-order valence-electron chi connectivity index (χ2n) is 6.88. The molecular weight excluding hydrogens is 246 g/mol. The van der Waals surface area contributed by atoms with Crippen molar-refractivity contribution in [2.45, 2.75) is 38.1 Å². The van der Waals surface area contributed by atoms with Crippen molar-refractivity contribution in [2.24, 2.45) is 23.6 Å². The van der Waals surface area contributed by atoms with Crippen LogP contribution in [-0.4, -0.2) is 14.1 Å².